The Morgan fingerprint density at radius 1 is 1.54 bits per heavy atom. The Balaban J connectivity index is 2.66. The predicted molar refractivity (Wildman–Crippen MR) is 51.6 cm³/mol. The number of hydrogen-bond donors (Lipinski definition) is 1. The first kappa shape index (κ1) is 9.71. The molecule has 0 fully saturated rings. The first-order chi connectivity index (χ1) is 6.24. The van der Waals surface area contributed by atoms with E-state index in [1.165, 1.54) is 0 Å². The Morgan fingerprint density at radius 2 is 2.31 bits per heavy atom. The average molecular weight is 178 g/mol. The van der Waals surface area contributed by atoms with Crippen LogP contribution in [0.1, 0.15) is 29.5 Å². The first-order valence-electron chi connectivity index (χ1n) is 4.46. The maximum absolute atomic E-state index is 11.4. The minimum atomic E-state index is -0.0921. The van der Waals surface area contributed by atoms with Gasteiger partial charge >= 0.3 is 0 Å². The van der Waals surface area contributed by atoms with Crippen molar-refractivity contribution >= 4 is 5.91 Å². The summed E-state index contributed by atoms with van der Waals surface area (Å²) in [4.78, 5) is 15.5. The Labute approximate surface area is 78.2 Å². The Bertz CT molecular complexity index is 297. The van der Waals surface area contributed by atoms with Crippen molar-refractivity contribution < 1.29 is 4.79 Å². The molecular formula is C10H14N2O. The summed E-state index contributed by atoms with van der Waals surface area (Å²) < 4.78 is 0. The lowest BCUT2D eigenvalue weighted by molar-refractivity contribution is 0.0948. The summed E-state index contributed by atoms with van der Waals surface area (Å²) >= 11 is 0. The molecule has 0 aliphatic carbocycles. The molecule has 0 unspecified atom stereocenters. The fourth-order valence-corrected chi connectivity index (χ4v) is 0.999. The molecule has 70 valence electrons. The topological polar surface area (TPSA) is 42.0 Å². The number of carbonyl (C=O) groups excluding carboxylic acids is 1. The van der Waals surface area contributed by atoms with Crippen molar-refractivity contribution in [3.63, 3.8) is 0 Å². The molecule has 1 N–H and O–H groups in total. The van der Waals surface area contributed by atoms with E-state index in [2.05, 4.69) is 10.3 Å². The molecule has 0 saturated heterocycles. The molecule has 0 spiro atoms. The highest BCUT2D eigenvalue weighted by Crippen LogP contribution is 1.97. The van der Waals surface area contributed by atoms with Crippen molar-refractivity contribution in [3.05, 3.63) is 29.6 Å². The smallest absolute Gasteiger partial charge is 0.269 e. The van der Waals surface area contributed by atoms with Crippen molar-refractivity contribution in [3.8, 4) is 0 Å². The Hall–Kier alpha value is -1.38. The number of pyridine rings is 1. The summed E-state index contributed by atoms with van der Waals surface area (Å²) in [5.74, 6) is -0.0921. The number of carbonyl (C=O) groups is 1. The van der Waals surface area contributed by atoms with E-state index in [0.29, 0.717) is 12.2 Å². The van der Waals surface area contributed by atoms with Gasteiger partial charge in [0, 0.05) is 12.2 Å². The highest BCUT2D eigenvalue weighted by molar-refractivity contribution is 5.92. The first-order valence-corrected chi connectivity index (χ1v) is 4.46. The van der Waals surface area contributed by atoms with E-state index in [0.717, 1.165) is 12.1 Å². The molecule has 0 saturated carbocycles. The van der Waals surface area contributed by atoms with Crippen LogP contribution in [-0.4, -0.2) is 17.4 Å². The second kappa shape index (κ2) is 4.60. The maximum Gasteiger partial charge on any atom is 0.269 e. The SMILES string of the molecule is CCCNC(=O)c1cccc(C)n1. The summed E-state index contributed by atoms with van der Waals surface area (Å²) in [6, 6.07) is 5.43. The third-order valence-electron chi connectivity index (χ3n) is 1.66. The fraction of sp³-hybridized carbons (Fsp3) is 0.400. The van der Waals surface area contributed by atoms with Gasteiger partial charge in [0.05, 0.1) is 0 Å². The van der Waals surface area contributed by atoms with Gasteiger partial charge in [-0.15, -0.1) is 0 Å². The lowest BCUT2D eigenvalue weighted by atomic mass is 10.3. The standard InChI is InChI=1S/C10H14N2O/c1-3-7-11-10(13)9-6-4-5-8(2)12-9/h4-6H,3,7H2,1-2H3,(H,11,13). The largest absolute Gasteiger partial charge is 0.351 e. The van der Waals surface area contributed by atoms with Gasteiger partial charge in [-0.2, -0.15) is 0 Å². The van der Waals surface area contributed by atoms with Crippen LogP contribution in [0.3, 0.4) is 0 Å². The van der Waals surface area contributed by atoms with Crippen molar-refractivity contribution in [2.75, 3.05) is 6.54 Å². The van der Waals surface area contributed by atoms with Crippen LogP contribution in [0.2, 0.25) is 0 Å². The van der Waals surface area contributed by atoms with Crippen molar-refractivity contribution in [2.45, 2.75) is 20.3 Å². The summed E-state index contributed by atoms with van der Waals surface area (Å²) in [7, 11) is 0. The average Bonchev–Trinajstić information content (AvgIpc) is 2.14. The van der Waals surface area contributed by atoms with Gasteiger partial charge in [-0.1, -0.05) is 13.0 Å². The van der Waals surface area contributed by atoms with Crippen molar-refractivity contribution in [2.24, 2.45) is 0 Å². The van der Waals surface area contributed by atoms with Gasteiger partial charge < -0.3 is 5.32 Å². The third kappa shape index (κ3) is 2.86. The van der Waals surface area contributed by atoms with Gasteiger partial charge in [-0.25, -0.2) is 4.98 Å². The van der Waals surface area contributed by atoms with E-state index in [4.69, 9.17) is 0 Å². The molecule has 1 aromatic rings. The highest BCUT2D eigenvalue weighted by atomic mass is 16.1. The second-order valence-electron chi connectivity index (χ2n) is 2.92. The van der Waals surface area contributed by atoms with Crippen LogP contribution in [0, 0.1) is 6.92 Å². The molecule has 1 rings (SSSR count). The van der Waals surface area contributed by atoms with Crippen LogP contribution in [0.15, 0.2) is 18.2 Å². The monoisotopic (exact) mass is 178 g/mol. The number of nitrogens with zero attached hydrogens (tertiary/aromatic N) is 1. The Kier molecular flexibility index (Phi) is 3.43. The van der Waals surface area contributed by atoms with Crippen LogP contribution in [0.25, 0.3) is 0 Å². The zero-order valence-corrected chi connectivity index (χ0v) is 8.00. The van der Waals surface area contributed by atoms with Gasteiger partial charge in [-0.05, 0) is 25.5 Å². The normalized spacial score (nSPS) is 9.69. The highest BCUT2D eigenvalue weighted by Gasteiger charge is 2.04. The van der Waals surface area contributed by atoms with Gasteiger partial charge in [0.15, 0.2) is 0 Å². The van der Waals surface area contributed by atoms with Gasteiger partial charge in [0.2, 0.25) is 0 Å². The van der Waals surface area contributed by atoms with E-state index >= 15 is 0 Å². The summed E-state index contributed by atoms with van der Waals surface area (Å²) in [5, 5.41) is 2.77. The molecule has 1 amide bonds. The van der Waals surface area contributed by atoms with E-state index in [1.54, 1.807) is 6.07 Å². The van der Waals surface area contributed by atoms with Gasteiger partial charge in [-0.3, -0.25) is 4.79 Å². The number of nitrogens with one attached hydrogen (secondary N) is 1. The van der Waals surface area contributed by atoms with Crippen molar-refractivity contribution in [1.82, 2.24) is 10.3 Å². The molecule has 0 atom stereocenters. The van der Waals surface area contributed by atoms with Crippen LogP contribution >= 0.6 is 0 Å². The molecular weight excluding hydrogens is 164 g/mol. The van der Waals surface area contributed by atoms with Crippen LogP contribution in [0.5, 0.6) is 0 Å². The number of aromatic nitrogens is 1. The quantitative estimate of drug-likeness (QED) is 0.762. The lowest BCUT2D eigenvalue weighted by Gasteiger charge is -2.02. The third-order valence-corrected chi connectivity index (χ3v) is 1.66. The molecule has 0 radical (unpaired) electrons. The van der Waals surface area contributed by atoms with Crippen LogP contribution in [0.4, 0.5) is 0 Å². The van der Waals surface area contributed by atoms with Gasteiger partial charge in [0.1, 0.15) is 5.69 Å². The van der Waals surface area contributed by atoms with E-state index < -0.39 is 0 Å². The molecule has 3 nitrogen and oxygen atoms in total. The van der Waals surface area contributed by atoms with Gasteiger partial charge in [0.25, 0.3) is 5.91 Å². The molecule has 13 heavy (non-hydrogen) atoms. The second-order valence-corrected chi connectivity index (χ2v) is 2.92. The zero-order chi connectivity index (χ0) is 9.68. The number of amides is 1. The predicted octanol–water partition coefficient (Wildman–Crippen LogP) is 1.53. The lowest BCUT2D eigenvalue weighted by Crippen LogP contribution is -2.24. The minimum Gasteiger partial charge on any atom is -0.351 e. The van der Waals surface area contributed by atoms with E-state index in [1.807, 2.05) is 26.0 Å². The molecule has 3 heteroatoms. The Morgan fingerprint density at radius 3 is 2.92 bits per heavy atom. The molecule has 1 aromatic heterocycles. The maximum atomic E-state index is 11.4. The molecule has 1 heterocycles. The molecule has 0 aliphatic rings. The molecule has 0 bridgehead atoms. The number of rotatable bonds is 3. The van der Waals surface area contributed by atoms with Crippen LogP contribution < -0.4 is 5.32 Å². The van der Waals surface area contributed by atoms with Crippen molar-refractivity contribution in [1.29, 1.82) is 0 Å². The zero-order valence-electron chi connectivity index (χ0n) is 8.00. The summed E-state index contributed by atoms with van der Waals surface area (Å²) in [6.07, 6.45) is 0.942. The summed E-state index contributed by atoms with van der Waals surface area (Å²) in [6.45, 7) is 4.59. The fourth-order valence-electron chi connectivity index (χ4n) is 0.999. The number of hydrogen-bond acceptors (Lipinski definition) is 2. The van der Waals surface area contributed by atoms with E-state index in [9.17, 15) is 4.79 Å². The van der Waals surface area contributed by atoms with Crippen LogP contribution in [-0.2, 0) is 0 Å². The molecule has 0 aromatic carbocycles. The van der Waals surface area contributed by atoms with E-state index in [-0.39, 0.29) is 5.91 Å². The number of aryl methyl sites for hydroxylation is 1. The minimum absolute atomic E-state index is 0.0921. The molecule has 0 aliphatic heterocycles. The summed E-state index contributed by atoms with van der Waals surface area (Å²) in [5.41, 5.74) is 1.36.